The molecule has 0 fully saturated rings. The lowest BCUT2D eigenvalue weighted by molar-refractivity contribution is 0.442. The first-order valence-corrected chi connectivity index (χ1v) is 8.34. The van der Waals surface area contributed by atoms with Gasteiger partial charge in [0, 0.05) is 43.7 Å². The van der Waals surface area contributed by atoms with Crippen molar-refractivity contribution in [2.75, 3.05) is 6.54 Å². The van der Waals surface area contributed by atoms with Gasteiger partial charge in [0.2, 0.25) is 0 Å². The Bertz CT molecular complexity index is 597. The average Bonchev–Trinajstić information content (AvgIpc) is 2.95. The van der Waals surface area contributed by atoms with E-state index in [1.54, 1.807) is 6.07 Å². The number of phenols is 1. The van der Waals surface area contributed by atoms with E-state index in [0.29, 0.717) is 5.75 Å². The molecule has 1 aromatic carbocycles. The summed E-state index contributed by atoms with van der Waals surface area (Å²) in [5.74, 6) is 1.62. The van der Waals surface area contributed by atoms with Crippen LogP contribution in [0.3, 0.4) is 0 Å². The topological polar surface area (TPSA) is 50.1 Å². The summed E-state index contributed by atoms with van der Waals surface area (Å²) < 4.78 is 2.30. The molecule has 0 spiro atoms. The lowest BCUT2D eigenvalue weighted by Crippen LogP contribution is -2.23. The van der Waals surface area contributed by atoms with E-state index < -0.39 is 0 Å². The van der Waals surface area contributed by atoms with Crippen molar-refractivity contribution in [1.82, 2.24) is 14.9 Å². The number of phenolic OH excluding ortho intramolecular Hbond substituents is 1. The zero-order valence-corrected chi connectivity index (χ0v) is 13.3. The maximum atomic E-state index is 9.98. The van der Waals surface area contributed by atoms with Crippen LogP contribution in [0.2, 0.25) is 0 Å². The Hall–Kier alpha value is -1.81. The van der Waals surface area contributed by atoms with Crippen molar-refractivity contribution < 1.29 is 5.11 Å². The van der Waals surface area contributed by atoms with Crippen LogP contribution in [0.1, 0.15) is 49.3 Å². The van der Waals surface area contributed by atoms with Gasteiger partial charge >= 0.3 is 0 Å². The molecule has 0 saturated heterocycles. The summed E-state index contributed by atoms with van der Waals surface area (Å²) in [7, 11) is 0. The molecule has 1 aromatic heterocycles. The van der Waals surface area contributed by atoms with Crippen molar-refractivity contribution in [3.05, 3.63) is 47.5 Å². The van der Waals surface area contributed by atoms with Crippen molar-refractivity contribution in [3.8, 4) is 5.75 Å². The molecular formula is C18H25N3O. The smallest absolute Gasteiger partial charge is 0.120 e. The highest BCUT2D eigenvalue weighted by atomic mass is 16.3. The molecule has 0 bridgehead atoms. The number of benzene rings is 1. The lowest BCUT2D eigenvalue weighted by Gasteiger charge is -2.18. The van der Waals surface area contributed by atoms with Crippen LogP contribution in [0.15, 0.2) is 30.5 Å². The highest BCUT2D eigenvalue weighted by Crippen LogP contribution is 2.25. The number of aromatic hydroxyl groups is 1. The van der Waals surface area contributed by atoms with Crippen LogP contribution in [-0.2, 0) is 19.4 Å². The fourth-order valence-electron chi connectivity index (χ4n) is 3.22. The first-order valence-electron chi connectivity index (χ1n) is 8.34. The molecule has 4 heteroatoms. The van der Waals surface area contributed by atoms with E-state index in [-0.39, 0.29) is 6.04 Å². The minimum absolute atomic E-state index is 0.193. The van der Waals surface area contributed by atoms with Gasteiger partial charge in [-0.25, -0.2) is 4.98 Å². The van der Waals surface area contributed by atoms with Gasteiger partial charge in [-0.3, -0.25) is 0 Å². The van der Waals surface area contributed by atoms with Gasteiger partial charge in [0.05, 0.1) is 5.69 Å². The van der Waals surface area contributed by atoms with Crippen molar-refractivity contribution in [1.29, 1.82) is 0 Å². The number of aryl methyl sites for hydroxylation is 2. The zero-order chi connectivity index (χ0) is 15.4. The van der Waals surface area contributed by atoms with E-state index in [9.17, 15) is 5.11 Å². The summed E-state index contributed by atoms with van der Waals surface area (Å²) in [6, 6.07) is 7.78. The van der Waals surface area contributed by atoms with Gasteiger partial charge in [-0.2, -0.15) is 0 Å². The lowest BCUT2D eigenvalue weighted by atomic mass is 10.0. The first-order chi connectivity index (χ1) is 10.8. The van der Waals surface area contributed by atoms with E-state index in [0.717, 1.165) is 37.9 Å². The second kappa shape index (κ2) is 6.97. The normalized spacial score (nSPS) is 15.5. The molecule has 22 heavy (non-hydrogen) atoms. The third-order valence-electron chi connectivity index (χ3n) is 4.45. The summed E-state index contributed by atoms with van der Waals surface area (Å²) in [6.45, 7) is 4.13. The molecule has 1 atom stereocenters. The van der Waals surface area contributed by atoms with Gasteiger partial charge in [0.25, 0.3) is 0 Å². The maximum Gasteiger partial charge on any atom is 0.120 e. The Morgan fingerprint density at radius 1 is 1.32 bits per heavy atom. The average molecular weight is 299 g/mol. The zero-order valence-electron chi connectivity index (χ0n) is 13.3. The summed E-state index contributed by atoms with van der Waals surface area (Å²) in [5, 5.41) is 13.5. The predicted molar refractivity (Wildman–Crippen MR) is 88.0 cm³/mol. The molecular weight excluding hydrogens is 274 g/mol. The van der Waals surface area contributed by atoms with Gasteiger partial charge in [-0.15, -0.1) is 0 Å². The molecule has 0 radical (unpaired) electrons. The summed E-state index contributed by atoms with van der Waals surface area (Å²) >= 11 is 0. The molecule has 2 aromatic rings. The Labute approximate surface area is 132 Å². The monoisotopic (exact) mass is 299 g/mol. The Morgan fingerprint density at radius 3 is 2.95 bits per heavy atom. The van der Waals surface area contributed by atoms with Gasteiger partial charge in [0.15, 0.2) is 0 Å². The number of hydrogen-bond donors (Lipinski definition) is 2. The van der Waals surface area contributed by atoms with E-state index in [1.807, 2.05) is 18.2 Å². The van der Waals surface area contributed by atoms with E-state index in [2.05, 4.69) is 23.0 Å². The third-order valence-corrected chi connectivity index (χ3v) is 4.45. The maximum absolute atomic E-state index is 9.98. The number of fused-ring (bicyclic) bond motifs is 1. The second-order valence-corrected chi connectivity index (χ2v) is 6.02. The van der Waals surface area contributed by atoms with E-state index in [4.69, 9.17) is 4.98 Å². The number of para-hydroxylation sites is 1. The van der Waals surface area contributed by atoms with Crippen LogP contribution >= 0.6 is 0 Å². The Balaban J connectivity index is 1.57. The number of nitrogens with one attached hydrogen (secondary N) is 1. The van der Waals surface area contributed by atoms with Crippen LogP contribution in [0.5, 0.6) is 5.75 Å². The number of rotatable bonds is 6. The first kappa shape index (κ1) is 15.1. The quantitative estimate of drug-likeness (QED) is 0.861. The number of nitrogens with zero attached hydrogens (tertiary/aromatic N) is 2. The summed E-state index contributed by atoms with van der Waals surface area (Å²) in [4.78, 5) is 4.74. The molecule has 0 saturated carbocycles. The van der Waals surface area contributed by atoms with Crippen molar-refractivity contribution in [2.24, 2.45) is 0 Å². The van der Waals surface area contributed by atoms with Crippen molar-refractivity contribution in [2.45, 2.75) is 51.6 Å². The molecule has 0 unspecified atom stereocenters. The predicted octanol–water partition coefficient (Wildman–Crippen LogP) is 3.21. The van der Waals surface area contributed by atoms with Gasteiger partial charge in [0.1, 0.15) is 11.6 Å². The number of aromatic nitrogens is 2. The van der Waals surface area contributed by atoms with Crippen molar-refractivity contribution >= 4 is 0 Å². The van der Waals surface area contributed by atoms with Crippen LogP contribution in [0.25, 0.3) is 0 Å². The minimum Gasteiger partial charge on any atom is -0.508 e. The molecule has 1 aliphatic heterocycles. The highest BCUT2D eigenvalue weighted by Gasteiger charge is 2.14. The summed E-state index contributed by atoms with van der Waals surface area (Å²) in [5.41, 5.74) is 2.16. The molecule has 2 N–H and O–H groups in total. The largest absolute Gasteiger partial charge is 0.508 e. The van der Waals surface area contributed by atoms with E-state index >= 15 is 0 Å². The van der Waals surface area contributed by atoms with Crippen LogP contribution in [0, 0.1) is 0 Å². The van der Waals surface area contributed by atoms with Gasteiger partial charge < -0.3 is 15.0 Å². The van der Waals surface area contributed by atoms with Gasteiger partial charge in [-0.1, -0.05) is 25.1 Å². The SMILES string of the molecule is CC[C@@H](NCCc1cn2c(n1)CCCC2)c1ccccc1O. The van der Waals surface area contributed by atoms with Crippen LogP contribution in [-0.4, -0.2) is 21.2 Å². The fraction of sp³-hybridized carbons (Fsp3) is 0.500. The Morgan fingerprint density at radius 2 is 2.18 bits per heavy atom. The van der Waals surface area contributed by atoms with Crippen LogP contribution in [0.4, 0.5) is 0 Å². The second-order valence-electron chi connectivity index (χ2n) is 6.02. The molecule has 2 heterocycles. The fourth-order valence-corrected chi connectivity index (χ4v) is 3.22. The Kier molecular flexibility index (Phi) is 4.78. The molecule has 3 rings (SSSR count). The van der Waals surface area contributed by atoms with Crippen LogP contribution < -0.4 is 5.32 Å². The number of imidazole rings is 1. The summed E-state index contributed by atoms with van der Waals surface area (Å²) in [6.07, 6.45) is 7.74. The molecule has 4 nitrogen and oxygen atoms in total. The van der Waals surface area contributed by atoms with E-state index in [1.165, 1.54) is 24.4 Å². The minimum atomic E-state index is 0.193. The molecule has 1 aliphatic rings. The van der Waals surface area contributed by atoms with Crippen molar-refractivity contribution in [3.63, 3.8) is 0 Å². The number of hydrogen-bond acceptors (Lipinski definition) is 3. The highest BCUT2D eigenvalue weighted by molar-refractivity contribution is 5.34. The third kappa shape index (κ3) is 3.33. The molecule has 118 valence electrons. The molecule has 0 aliphatic carbocycles. The van der Waals surface area contributed by atoms with Gasteiger partial charge in [-0.05, 0) is 25.3 Å². The standard InChI is InChI=1S/C18H25N3O/c1-2-16(15-7-3-4-8-17(15)22)19-11-10-14-13-21-12-6-5-9-18(21)20-14/h3-4,7-8,13,16,19,22H,2,5-6,9-12H2,1H3/t16-/m1/s1. The molecule has 0 amide bonds.